The van der Waals surface area contributed by atoms with Gasteiger partial charge in [0.15, 0.2) is 0 Å². The van der Waals surface area contributed by atoms with Crippen molar-refractivity contribution >= 4 is 29.1 Å². The number of hydrogen-bond donors (Lipinski definition) is 0. The summed E-state index contributed by atoms with van der Waals surface area (Å²) in [5.41, 5.74) is 4.28. The Balaban J connectivity index is 2.02. The molecule has 27 heavy (non-hydrogen) atoms. The predicted octanol–water partition coefficient (Wildman–Crippen LogP) is 4.35. The first kappa shape index (κ1) is 19.2. The predicted molar refractivity (Wildman–Crippen MR) is 110 cm³/mol. The van der Waals surface area contributed by atoms with Crippen LogP contribution in [0.2, 0.25) is 0 Å². The third-order valence-electron chi connectivity index (χ3n) is 4.59. The summed E-state index contributed by atoms with van der Waals surface area (Å²) in [7, 11) is 1.59. The van der Waals surface area contributed by atoms with Gasteiger partial charge in [-0.1, -0.05) is 48.9 Å². The molecular weight excluding hydrogens is 358 g/mol. The van der Waals surface area contributed by atoms with Gasteiger partial charge in [0.1, 0.15) is 5.75 Å². The number of nitrogens with zero attached hydrogens (tertiary/aromatic N) is 1. The van der Waals surface area contributed by atoms with E-state index < -0.39 is 0 Å². The van der Waals surface area contributed by atoms with Crippen molar-refractivity contribution in [2.45, 2.75) is 27.3 Å². The molecule has 0 aliphatic carbocycles. The molecular formula is C22H23NO3S. The van der Waals surface area contributed by atoms with Crippen molar-refractivity contribution in [1.82, 2.24) is 4.90 Å². The van der Waals surface area contributed by atoms with E-state index in [-0.39, 0.29) is 18.4 Å². The monoisotopic (exact) mass is 381 g/mol. The van der Waals surface area contributed by atoms with Crippen molar-refractivity contribution in [1.29, 1.82) is 0 Å². The van der Waals surface area contributed by atoms with Crippen molar-refractivity contribution in [2.24, 2.45) is 0 Å². The van der Waals surface area contributed by atoms with Crippen molar-refractivity contribution in [2.75, 3.05) is 12.9 Å². The van der Waals surface area contributed by atoms with E-state index in [1.807, 2.05) is 63.2 Å². The van der Waals surface area contributed by atoms with Crippen molar-refractivity contribution < 1.29 is 14.3 Å². The second kappa shape index (κ2) is 8.01. The molecule has 5 heteroatoms. The zero-order valence-corrected chi connectivity index (χ0v) is 16.9. The fourth-order valence-electron chi connectivity index (χ4n) is 3.31. The number of aryl methyl sites for hydroxylation is 2. The third kappa shape index (κ3) is 3.65. The summed E-state index contributed by atoms with van der Waals surface area (Å²) in [5.74, 6) is 0.926. The van der Waals surface area contributed by atoms with Gasteiger partial charge in [0.05, 0.1) is 24.1 Å². The molecule has 0 saturated heterocycles. The van der Waals surface area contributed by atoms with Crippen molar-refractivity contribution in [3.05, 3.63) is 69.6 Å². The quantitative estimate of drug-likeness (QED) is 0.698. The van der Waals surface area contributed by atoms with Crippen LogP contribution >= 0.6 is 11.8 Å². The Bertz CT molecular complexity index is 933. The summed E-state index contributed by atoms with van der Waals surface area (Å²) in [5, 5.41) is 0. The number of carbonyl (C=O) groups excluding carboxylic acids is 2. The Hall–Kier alpha value is -2.53. The Morgan fingerprint density at radius 1 is 1.04 bits per heavy atom. The van der Waals surface area contributed by atoms with Gasteiger partial charge in [-0.15, -0.1) is 11.8 Å². The van der Waals surface area contributed by atoms with Gasteiger partial charge >= 0.3 is 0 Å². The van der Waals surface area contributed by atoms with Crippen molar-refractivity contribution in [3.63, 3.8) is 0 Å². The standard InChI is InChI=1S/C22H23NO3S/c1-5-27-20-19(17-11-10-14(2)12-15(17)3)21(24)23(22(20)25)13-16-8-6-7-9-18(16)26-4/h6-12H,5,13H2,1-4H3. The highest BCUT2D eigenvalue weighted by atomic mass is 32.2. The van der Waals surface area contributed by atoms with E-state index in [1.165, 1.54) is 16.7 Å². The first-order valence-electron chi connectivity index (χ1n) is 8.90. The smallest absolute Gasteiger partial charge is 0.268 e. The second-order valence-electron chi connectivity index (χ2n) is 6.46. The molecule has 2 aromatic carbocycles. The van der Waals surface area contributed by atoms with E-state index in [9.17, 15) is 9.59 Å². The third-order valence-corrected chi connectivity index (χ3v) is 5.54. The van der Waals surface area contributed by atoms with Crippen LogP contribution in [-0.2, 0) is 16.1 Å². The molecule has 2 amide bonds. The minimum Gasteiger partial charge on any atom is -0.496 e. The highest BCUT2D eigenvalue weighted by molar-refractivity contribution is 8.04. The highest BCUT2D eigenvalue weighted by Gasteiger charge is 2.39. The normalized spacial score (nSPS) is 14.3. The number of thioether (sulfide) groups is 1. The number of imide groups is 1. The molecule has 0 radical (unpaired) electrons. The molecule has 1 aliphatic heterocycles. The molecule has 0 atom stereocenters. The molecule has 1 heterocycles. The molecule has 4 nitrogen and oxygen atoms in total. The van der Waals surface area contributed by atoms with Gasteiger partial charge in [-0.25, -0.2) is 0 Å². The fraction of sp³-hybridized carbons (Fsp3) is 0.273. The maximum Gasteiger partial charge on any atom is 0.268 e. The number of amides is 2. The van der Waals surface area contributed by atoms with Crippen LogP contribution in [0, 0.1) is 13.8 Å². The second-order valence-corrected chi connectivity index (χ2v) is 7.74. The van der Waals surface area contributed by atoms with Crippen LogP contribution in [-0.4, -0.2) is 29.6 Å². The molecule has 0 spiro atoms. The number of para-hydroxylation sites is 1. The van der Waals surface area contributed by atoms with Crippen LogP contribution < -0.4 is 4.74 Å². The number of hydrogen-bond acceptors (Lipinski definition) is 4. The zero-order valence-electron chi connectivity index (χ0n) is 16.0. The number of carbonyl (C=O) groups is 2. The highest BCUT2D eigenvalue weighted by Crippen LogP contribution is 2.38. The van der Waals surface area contributed by atoms with Gasteiger partial charge in [-0.05, 0) is 36.8 Å². The van der Waals surface area contributed by atoms with Gasteiger partial charge in [0.2, 0.25) is 0 Å². The largest absolute Gasteiger partial charge is 0.496 e. The summed E-state index contributed by atoms with van der Waals surface area (Å²) in [4.78, 5) is 28.1. The van der Waals surface area contributed by atoms with Crippen LogP contribution in [0.5, 0.6) is 5.75 Å². The lowest BCUT2D eigenvalue weighted by atomic mass is 9.99. The minimum absolute atomic E-state index is 0.198. The van der Waals surface area contributed by atoms with Gasteiger partial charge in [-0.3, -0.25) is 14.5 Å². The van der Waals surface area contributed by atoms with E-state index in [1.54, 1.807) is 7.11 Å². The van der Waals surface area contributed by atoms with Gasteiger partial charge in [0.25, 0.3) is 11.8 Å². The van der Waals surface area contributed by atoms with Crippen molar-refractivity contribution in [3.8, 4) is 5.75 Å². The molecule has 0 fully saturated rings. The Kier molecular flexibility index (Phi) is 5.71. The van der Waals surface area contributed by atoms with E-state index in [0.717, 1.165) is 28.0 Å². The lowest BCUT2D eigenvalue weighted by Crippen LogP contribution is -2.31. The first-order chi connectivity index (χ1) is 13.0. The van der Waals surface area contributed by atoms with Crippen LogP contribution in [0.4, 0.5) is 0 Å². The maximum absolute atomic E-state index is 13.2. The number of rotatable bonds is 6. The molecule has 140 valence electrons. The average molecular weight is 381 g/mol. The van der Waals surface area contributed by atoms with E-state index in [0.29, 0.717) is 16.2 Å². The van der Waals surface area contributed by atoms with Crippen LogP contribution in [0.3, 0.4) is 0 Å². The SMILES string of the molecule is CCSC1=C(c2ccc(C)cc2C)C(=O)N(Cc2ccccc2OC)C1=O. The molecule has 0 unspecified atom stereocenters. The molecule has 0 N–H and O–H groups in total. The van der Waals surface area contributed by atoms with E-state index in [4.69, 9.17) is 4.74 Å². The molecule has 1 aliphatic rings. The van der Waals surface area contributed by atoms with Gasteiger partial charge in [-0.2, -0.15) is 0 Å². The fourth-order valence-corrected chi connectivity index (χ4v) is 4.18. The zero-order chi connectivity index (χ0) is 19.6. The Labute approximate surface area is 164 Å². The number of ether oxygens (including phenoxy) is 1. The molecule has 2 aromatic rings. The minimum atomic E-state index is -0.242. The number of benzene rings is 2. The van der Waals surface area contributed by atoms with Crippen LogP contribution in [0.15, 0.2) is 47.4 Å². The summed E-state index contributed by atoms with van der Waals surface area (Å²) in [6, 6.07) is 13.4. The first-order valence-corrected chi connectivity index (χ1v) is 9.89. The van der Waals surface area contributed by atoms with Crippen LogP contribution in [0.25, 0.3) is 5.57 Å². The van der Waals surface area contributed by atoms with E-state index >= 15 is 0 Å². The van der Waals surface area contributed by atoms with Gasteiger partial charge < -0.3 is 4.74 Å². The summed E-state index contributed by atoms with van der Waals surface area (Å²) in [6.45, 7) is 6.18. The molecule has 0 saturated carbocycles. The molecule has 0 aromatic heterocycles. The maximum atomic E-state index is 13.2. The summed E-state index contributed by atoms with van der Waals surface area (Å²) in [6.07, 6.45) is 0. The van der Waals surface area contributed by atoms with Crippen LogP contribution in [0.1, 0.15) is 29.2 Å². The average Bonchev–Trinajstić information content (AvgIpc) is 2.87. The lowest BCUT2D eigenvalue weighted by Gasteiger charge is -2.17. The Morgan fingerprint density at radius 2 is 1.78 bits per heavy atom. The molecule has 3 rings (SSSR count). The topological polar surface area (TPSA) is 46.6 Å². The summed E-state index contributed by atoms with van der Waals surface area (Å²) < 4.78 is 5.38. The van der Waals surface area contributed by atoms with Gasteiger partial charge in [0, 0.05) is 5.56 Å². The Morgan fingerprint density at radius 3 is 2.44 bits per heavy atom. The lowest BCUT2D eigenvalue weighted by molar-refractivity contribution is -0.137. The van der Waals surface area contributed by atoms with E-state index in [2.05, 4.69) is 0 Å². The molecule has 0 bridgehead atoms. The summed E-state index contributed by atoms with van der Waals surface area (Å²) >= 11 is 1.43. The number of methoxy groups -OCH3 is 1.